The SMILES string of the molecule is OCC#Cc1cc(F)ccc1CN1CCN2CCCC2C1. The van der Waals surface area contributed by atoms with Crippen LogP contribution in [-0.4, -0.2) is 53.7 Å². The van der Waals surface area contributed by atoms with Gasteiger partial charge in [0.2, 0.25) is 0 Å². The van der Waals surface area contributed by atoms with Gasteiger partial charge in [-0.25, -0.2) is 4.39 Å². The molecule has 21 heavy (non-hydrogen) atoms. The van der Waals surface area contributed by atoms with Crippen LogP contribution in [0, 0.1) is 17.7 Å². The van der Waals surface area contributed by atoms with Gasteiger partial charge in [-0.2, -0.15) is 0 Å². The number of halogens is 1. The minimum atomic E-state index is -0.276. The van der Waals surface area contributed by atoms with E-state index in [1.54, 1.807) is 0 Å². The van der Waals surface area contributed by atoms with Crippen molar-refractivity contribution >= 4 is 0 Å². The van der Waals surface area contributed by atoms with Crippen molar-refractivity contribution in [1.29, 1.82) is 0 Å². The van der Waals surface area contributed by atoms with Crippen molar-refractivity contribution in [3.05, 3.63) is 35.1 Å². The Labute approximate surface area is 125 Å². The van der Waals surface area contributed by atoms with Crippen LogP contribution >= 0.6 is 0 Å². The molecule has 1 aromatic carbocycles. The number of nitrogens with zero attached hydrogens (tertiary/aromatic N) is 2. The monoisotopic (exact) mass is 288 g/mol. The molecule has 4 heteroatoms. The predicted octanol–water partition coefficient (Wildman–Crippen LogP) is 1.45. The number of hydrogen-bond donors (Lipinski definition) is 1. The van der Waals surface area contributed by atoms with E-state index in [2.05, 4.69) is 21.6 Å². The maximum absolute atomic E-state index is 13.4. The van der Waals surface area contributed by atoms with Crippen LogP contribution in [0.4, 0.5) is 4.39 Å². The Hall–Kier alpha value is -1.41. The third-order valence-corrected chi connectivity index (χ3v) is 4.44. The molecule has 0 bridgehead atoms. The van der Waals surface area contributed by atoms with Crippen LogP contribution in [0.15, 0.2) is 18.2 Å². The predicted molar refractivity (Wildman–Crippen MR) is 80.2 cm³/mol. The lowest BCUT2D eigenvalue weighted by atomic mass is 10.1. The van der Waals surface area contributed by atoms with Crippen molar-refractivity contribution in [2.45, 2.75) is 25.4 Å². The smallest absolute Gasteiger partial charge is 0.124 e. The zero-order chi connectivity index (χ0) is 14.7. The van der Waals surface area contributed by atoms with Gasteiger partial charge in [-0.15, -0.1) is 0 Å². The van der Waals surface area contributed by atoms with Gasteiger partial charge in [0.05, 0.1) is 0 Å². The fourth-order valence-corrected chi connectivity index (χ4v) is 3.38. The summed E-state index contributed by atoms with van der Waals surface area (Å²) >= 11 is 0. The van der Waals surface area contributed by atoms with Crippen molar-refractivity contribution < 1.29 is 9.50 Å². The van der Waals surface area contributed by atoms with E-state index in [1.807, 2.05) is 6.07 Å². The fraction of sp³-hybridized carbons (Fsp3) is 0.529. The van der Waals surface area contributed by atoms with Crippen molar-refractivity contribution in [1.82, 2.24) is 9.80 Å². The molecular formula is C17H21FN2O. The molecule has 2 aliphatic heterocycles. The first kappa shape index (κ1) is 14.5. The molecule has 2 aliphatic rings. The molecule has 0 saturated carbocycles. The van der Waals surface area contributed by atoms with Crippen LogP contribution < -0.4 is 0 Å². The van der Waals surface area contributed by atoms with Gasteiger partial charge in [0.15, 0.2) is 0 Å². The summed E-state index contributed by atoms with van der Waals surface area (Å²) in [7, 11) is 0. The van der Waals surface area contributed by atoms with E-state index < -0.39 is 0 Å². The van der Waals surface area contributed by atoms with E-state index in [0.717, 1.165) is 31.7 Å². The quantitative estimate of drug-likeness (QED) is 0.835. The van der Waals surface area contributed by atoms with Crippen LogP contribution in [0.3, 0.4) is 0 Å². The third-order valence-electron chi connectivity index (χ3n) is 4.44. The molecule has 0 aliphatic carbocycles. The number of piperazine rings is 1. The number of hydrogen-bond acceptors (Lipinski definition) is 3. The summed E-state index contributed by atoms with van der Waals surface area (Å²) in [6, 6.07) is 5.46. The van der Waals surface area contributed by atoms with E-state index >= 15 is 0 Å². The standard InChI is InChI=1S/C17H21FN2O/c18-16-6-5-15(14(11-16)3-2-10-21)12-19-8-9-20-7-1-4-17(20)13-19/h5-6,11,17,21H,1,4,7-10,12-13H2. The maximum Gasteiger partial charge on any atom is 0.124 e. The zero-order valence-corrected chi connectivity index (χ0v) is 12.2. The van der Waals surface area contributed by atoms with Gasteiger partial charge >= 0.3 is 0 Å². The Balaban J connectivity index is 1.72. The summed E-state index contributed by atoms with van der Waals surface area (Å²) in [5.41, 5.74) is 1.74. The number of rotatable bonds is 2. The van der Waals surface area contributed by atoms with Crippen molar-refractivity contribution in [2.24, 2.45) is 0 Å². The van der Waals surface area contributed by atoms with Crippen LogP contribution in [0.1, 0.15) is 24.0 Å². The molecule has 2 fully saturated rings. The second-order valence-corrected chi connectivity index (χ2v) is 5.83. The van der Waals surface area contributed by atoms with Crippen LogP contribution in [0.25, 0.3) is 0 Å². The highest BCUT2D eigenvalue weighted by Crippen LogP contribution is 2.23. The van der Waals surface area contributed by atoms with Crippen LogP contribution in [0.5, 0.6) is 0 Å². The van der Waals surface area contributed by atoms with Crippen molar-refractivity contribution in [3.8, 4) is 11.8 Å². The Bertz CT molecular complexity index is 564. The van der Waals surface area contributed by atoms with Crippen LogP contribution in [-0.2, 0) is 6.54 Å². The Morgan fingerprint density at radius 1 is 1.29 bits per heavy atom. The first-order chi connectivity index (χ1) is 10.3. The molecule has 1 aromatic rings. The summed E-state index contributed by atoms with van der Waals surface area (Å²) in [5.74, 6) is 5.20. The average Bonchev–Trinajstić information content (AvgIpc) is 2.95. The molecule has 1 atom stereocenters. The van der Waals surface area contributed by atoms with Gasteiger partial charge < -0.3 is 5.11 Å². The normalized spacial score (nSPS) is 22.7. The molecule has 3 nitrogen and oxygen atoms in total. The van der Waals surface area contributed by atoms with E-state index in [9.17, 15) is 4.39 Å². The topological polar surface area (TPSA) is 26.7 Å². The summed E-state index contributed by atoms with van der Waals surface area (Å²) < 4.78 is 13.4. The lowest BCUT2D eigenvalue weighted by molar-refractivity contribution is 0.0993. The van der Waals surface area contributed by atoms with Crippen LogP contribution in [0.2, 0.25) is 0 Å². The highest BCUT2D eigenvalue weighted by molar-refractivity contribution is 5.41. The number of fused-ring (bicyclic) bond motifs is 1. The average molecular weight is 288 g/mol. The zero-order valence-electron chi connectivity index (χ0n) is 12.2. The minimum Gasteiger partial charge on any atom is -0.384 e. The lowest BCUT2D eigenvalue weighted by Gasteiger charge is -2.37. The summed E-state index contributed by atoms with van der Waals surface area (Å²) in [6.07, 6.45) is 2.60. The van der Waals surface area contributed by atoms with Gasteiger partial charge in [-0.05, 0) is 37.1 Å². The third kappa shape index (κ3) is 3.44. The number of benzene rings is 1. The van der Waals surface area contributed by atoms with Gasteiger partial charge in [0.1, 0.15) is 12.4 Å². The Morgan fingerprint density at radius 2 is 2.19 bits per heavy atom. The Morgan fingerprint density at radius 3 is 3.05 bits per heavy atom. The van der Waals surface area contributed by atoms with E-state index in [0.29, 0.717) is 11.6 Å². The summed E-state index contributed by atoms with van der Waals surface area (Å²) in [5, 5.41) is 8.83. The molecule has 0 aromatic heterocycles. The van der Waals surface area contributed by atoms with Gasteiger partial charge in [0, 0.05) is 37.8 Å². The minimum absolute atomic E-state index is 0.198. The molecular weight excluding hydrogens is 267 g/mol. The largest absolute Gasteiger partial charge is 0.384 e. The summed E-state index contributed by atoms with van der Waals surface area (Å²) in [6.45, 7) is 5.12. The Kier molecular flexibility index (Phi) is 4.54. The molecule has 0 amide bonds. The second-order valence-electron chi connectivity index (χ2n) is 5.83. The van der Waals surface area contributed by atoms with E-state index in [-0.39, 0.29) is 12.4 Å². The lowest BCUT2D eigenvalue weighted by Crippen LogP contribution is -2.49. The second kappa shape index (κ2) is 6.57. The molecule has 1 N–H and O–H groups in total. The van der Waals surface area contributed by atoms with E-state index in [1.165, 1.54) is 31.5 Å². The molecule has 0 radical (unpaired) electrons. The molecule has 0 spiro atoms. The molecule has 112 valence electrons. The maximum atomic E-state index is 13.4. The van der Waals surface area contributed by atoms with Crippen molar-refractivity contribution in [3.63, 3.8) is 0 Å². The highest BCUT2D eigenvalue weighted by atomic mass is 19.1. The van der Waals surface area contributed by atoms with Gasteiger partial charge in [0.25, 0.3) is 0 Å². The fourth-order valence-electron chi connectivity index (χ4n) is 3.38. The van der Waals surface area contributed by atoms with Gasteiger partial charge in [-0.3, -0.25) is 9.80 Å². The number of aliphatic hydroxyl groups is 1. The molecule has 2 heterocycles. The van der Waals surface area contributed by atoms with E-state index in [4.69, 9.17) is 5.11 Å². The van der Waals surface area contributed by atoms with Crippen molar-refractivity contribution in [2.75, 3.05) is 32.8 Å². The number of aliphatic hydroxyl groups excluding tert-OH is 1. The summed E-state index contributed by atoms with van der Waals surface area (Å²) in [4.78, 5) is 5.01. The first-order valence-electron chi connectivity index (χ1n) is 7.61. The highest BCUT2D eigenvalue weighted by Gasteiger charge is 2.30. The van der Waals surface area contributed by atoms with Gasteiger partial charge in [-0.1, -0.05) is 17.9 Å². The molecule has 1 unspecified atom stereocenters. The first-order valence-corrected chi connectivity index (χ1v) is 7.61. The molecule has 3 rings (SSSR count). The molecule has 2 saturated heterocycles.